The van der Waals surface area contributed by atoms with Crippen molar-refractivity contribution in [1.82, 2.24) is 10.5 Å². The lowest BCUT2D eigenvalue weighted by molar-refractivity contribution is -0.128. The largest absolute Gasteiger partial charge is 0.289 e. The summed E-state index contributed by atoms with van der Waals surface area (Å²) < 4.78 is 0.779. The average Bonchev–Trinajstić information content (AvgIpc) is 3.09. The van der Waals surface area contributed by atoms with E-state index in [9.17, 15) is 4.79 Å². The molecule has 3 rings (SSSR count). The lowest BCUT2D eigenvalue weighted by Crippen LogP contribution is -2.24. The molecule has 2 N–H and O–H groups in total. The molecule has 1 unspecified atom stereocenters. The Kier molecular flexibility index (Phi) is 5.07. The smallest absolute Gasteiger partial charge is 0.261 e. The summed E-state index contributed by atoms with van der Waals surface area (Å²) in [7, 11) is 0. The number of nitrogens with one attached hydrogen (secondary N) is 1. The first kappa shape index (κ1) is 15.7. The van der Waals surface area contributed by atoms with E-state index in [4.69, 9.17) is 5.21 Å². The van der Waals surface area contributed by atoms with Crippen molar-refractivity contribution < 1.29 is 10.0 Å². The second kappa shape index (κ2) is 7.41. The predicted octanol–water partition coefficient (Wildman–Crippen LogP) is 4.15. The molecule has 0 fully saturated rings. The minimum Gasteiger partial charge on any atom is -0.289 e. The van der Waals surface area contributed by atoms with Gasteiger partial charge in [-0.15, -0.1) is 11.3 Å². The van der Waals surface area contributed by atoms with Crippen molar-refractivity contribution in [2.45, 2.75) is 9.59 Å². The van der Waals surface area contributed by atoms with Crippen LogP contribution >= 0.6 is 23.1 Å². The Morgan fingerprint density at radius 2 is 1.74 bits per heavy atom. The van der Waals surface area contributed by atoms with Gasteiger partial charge in [-0.3, -0.25) is 10.0 Å². The molecule has 6 heteroatoms. The molecule has 0 aliphatic rings. The summed E-state index contributed by atoms with van der Waals surface area (Å²) in [6.07, 6.45) is 0. The molecule has 116 valence electrons. The van der Waals surface area contributed by atoms with Crippen LogP contribution in [0.4, 0.5) is 0 Å². The van der Waals surface area contributed by atoms with Gasteiger partial charge in [-0.1, -0.05) is 72.4 Å². The van der Waals surface area contributed by atoms with Gasteiger partial charge in [-0.05, 0) is 5.56 Å². The normalized spacial score (nSPS) is 11.9. The van der Waals surface area contributed by atoms with Crippen molar-refractivity contribution >= 4 is 29.0 Å². The second-order valence-corrected chi connectivity index (χ2v) is 6.96. The summed E-state index contributed by atoms with van der Waals surface area (Å²) in [6, 6.07) is 19.2. The monoisotopic (exact) mass is 342 g/mol. The summed E-state index contributed by atoms with van der Waals surface area (Å²) in [5, 5.41) is 10.4. The number of hydrogen-bond donors (Lipinski definition) is 2. The zero-order valence-electron chi connectivity index (χ0n) is 12.0. The quantitative estimate of drug-likeness (QED) is 0.415. The Bertz CT molecular complexity index is 776. The minimum absolute atomic E-state index is 0.460. The number of thioether (sulfide) groups is 1. The number of hydrogen-bond acceptors (Lipinski definition) is 5. The van der Waals surface area contributed by atoms with Gasteiger partial charge in [-0.25, -0.2) is 10.5 Å². The molecule has 0 radical (unpaired) electrons. The topological polar surface area (TPSA) is 62.2 Å². The van der Waals surface area contributed by atoms with Crippen molar-refractivity contribution in [3.05, 3.63) is 71.6 Å². The third-order valence-electron chi connectivity index (χ3n) is 3.22. The number of carbonyl (C=O) groups excluding carboxylic acids is 1. The number of rotatable bonds is 5. The van der Waals surface area contributed by atoms with Gasteiger partial charge in [0.25, 0.3) is 5.91 Å². The highest BCUT2D eigenvalue weighted by Gasteiger charge is 2.23. The van der Waals surface area contributed by atoms with E-state index in [-0.39, 0.29) is 0 Å². The molecule has 1 atom stereocenters. The van der Waals surface area contributed by atoms with Gasteiger partial charge in [0.2, 0.25) is 0 Å². The maximum Gasteiger partial charge on any atom is 0.261 e. The summed E-state index contributed by atoms with van der Waals surface area (Å²) in [5.74, 6) is -0.460. The summed E-state index contributed by atoms with van der Waals surface area (Å²) in [4.78, 5) is 16.6. The van der Waals surface area contributed by atoms with Crippen molar-refractivity contribution in [2.24, 2.45) is 0 Å². The fourth-order valence-corrected chi connectivity index (χ4v) is 4.13. The average molecular weight is 342 g/mol. The number of hydroxylamine groups is 1. The molecule has 1 aromatic heterocycles. The fraction of sp³-hybridized carbons (Fsp3) is 0.0588. The molecule has 0 bridgehead atoms. The summed E-state index contributed by atoms with van der Waals surface area (Å²) >= 11 is 2.81. The van der Waals surface area contributed by atoms with E-state index < -0.39 is 11.2 Å². The molecular formula is C17H14N2O2S2. The second-order valence-electron chi connectivity index (χ2n) is 4.75. The van der Waals surface area contributed by atoms with Crippen molar-refractivity contribution in [3.63, 3.8) is 0 Å². The third kappa shape index (κ3) is 3.79. The first-order chi connectivity index (χ1) is 11.3. The molecule has 0 saturated heterocycles. The van der Waals surface area contributed by atoms with Crippen LogP contribution in [0.15, 0.2) is 70.4 Å². The van der Waals surface area contributed by atoms with Gasteiger partial charge in [0.15, 0.2) is 4.34 Å². The van der Waals surface area contributed by atoms with Crippen LogP contribution < -0.4 is 5.48 Å². The minimum atomic E-state index is -0.545. The molecule has 1 heterocycles. The number of benzene rings is 2. The summed E-state index contributed by atoms with van der Waals surface area (Å²) in [5.41, 5.74) is 4.48. The first-order valence-corrected chi connectivity index (χ1v) is 8.70. The Hall–Kier alpha value is -2.15. The molecule has 0 spiro atoms. The number of amides is 1. The van der Waals surface area contributed by atoms with E-state index in [1.165, 1.54) is 23.1 Å². The molecule has 1 amide bonds. The van der Waals surface area contributed by atoms with Crippen molar-refractivity contribution in [1.29, 1.82) is 0 Å². The van der Waals surface area contributed by atoms with Crippen molar-refractivity contribution in [3.8, 4) is 11.3 Å². The predicted molar refractivity (Wildman–Crippen MR) is 92.5 cm³/mol. The van der Waals surface area contributed by atoms with Crippen LogP contribution in [0.2, 0.25) is 0 Å². The maximum atomic E-state index is 12.0. The van der Waals surface area contributed by atoms with Crippen LogP contribution in [0.1, 0.15) is 10.8 Å². The Morgan fingerprint density at radius 3 is 2.39 bits per heavy atom. The molecular weight excluding hydrogens is 328 g/mol. The van der Waals surface area contributed by atoms with Crippen LogP contribution in [0, 0.1) is 0 Å². The maximum absolute atomic E-state index is 12.0. The lowest BCUT2D eigenvalue weighted by atomic mass is 10.1. The van der Waals surface area contributed by atoms with Crippen LogP contribution in [0.3, 0.4) is 0 Å². The van der Waals surface area contributed by atoms with E-state index >= 15 is 0 Å². The molecule has 0 aliphatic carbocycles. The third-order valence-corrected chi connectivity index (χ3v) is 5.45. The highest BCUT2D eigenvalue weighted by Crippen LogP contribution is 2.38. The van der Waals surface area contributed by atoms with Gasteiger partial charge in [0, 0.05) is 10.9 Å². The zero-order valence-corrected chi connectivity index (χ0v) is 13.7. The van der Waals surface area contributed by atoms with Crippen LogP contribution in [-0.2, 0) is 4.79 Å². The van der Waals surface area contributed by atoms with E-state index in [0.717, 1.165) is 21.2 Å². The zero-order chi connectivity index (χ0) is 16.1. The van der Waals surface area contributed by atoms with Crippen LogP contribution in [0.5, 0.6) is 0 Å². The molecule has 0 aliphatic heterocycles. The van der Waals surface area contributed by atoms with Gasteiger partial charge < -0.3 is 0 Å². The highest BCUT2D eigenvalue weighted by molar-refractivity contribution is 8.01. The van der Waals surface area contributed by atoms with Gasteiger partial charge in [-0.2, -0.15) is 0 Å². The van der Waals surface area contributed by atoms with Gasteiger partial charge in [0.1, 0.15) is 5.25 Å². The standard InChI is InChI=1S/C17H14N2O2S2/c20-16(19-21)15(13-9-5-2-6-10-13)23-17-18-14(11-22-17)12-7-3-1-4-8-12/h1-11,15,21H,(H,19,20). The molecule has 23 heavy (non-hydrogen) atoms. The SMILES string of the molecule is O=C(NO)C(Sc1nc(-c2ccccc2)cs1)c1ccccc1. The number of aromatic nitrogens is 1. The molecule has 0 saturated carbocycles. The Morgan fingerprint density at radius 1 is 1.09 bits per heavy atom. The number of nitrogens with zero attached hydrogens (tertiary/aromatic N) is 1. The van der Waals surface area contributed by atoms with Crippen LogP contribution in [-0.4, -0.2) is 16.1 Å². The first-order valence-electron chi connectivity index (χ1n) is 6.94. The van der Waals surface area contributed by atoms with Crippen LogP contribution in [0.25, 0.3) is 11.3 Å². The Balaban J connectivity index is 1.84. The number of thiazole rings is 1. The molecule has 3 aromatic rings. The lowest BCUT2D eigenvalue weighted by Gasteiger charge is -2.13. The summed E-state index contributed by atoms with van der Waals surface area (Å²) in [6.45, 7) is 0. The van der Waals surface area contributed by atoms with E-state index in [0.29, 0.717) is 0 Å². The highest BCUT2D eigenvalue weighted by atomic mass is 32.2. The molecule has 2 aromatic carbocycles. The van der Waals surface area contributed by atoms with Gasteiger partial charge >= 0.3 is 0 Å². The van der Waals surface area contributed by atoms with Gasteiger partial charge in [0.05, 0.1) is 5.69 Å². The van der Waals surface area contributed by atoms with E-state index in [1.54, 1.807) is 5.48 Å². The van der Waals surface area contributed by atoms with Crippen molar-refractivity contribution in [2.75, 3.05) is 0 Å². The molecule has 4 nitrogen and oxygen atoms in total. The number of carbonyl (C=O) groups is 1. The fourth-order valence-electron chi connectivity index (χ4n) is 2.11. The Labute approximate surface area is 142 Å². The van der Waals surface area contributed by atoms with E-state index in [1.807, 2.05) is 66.0 Å². The van der Waals surface area contributed by atoms with E-state index in [2.05, 4.69) is 4.98 Å².